The van der Waals surface area contributed by atoms with Gasteiger partial charge in [0.25, 0.3) is 0 Å². The molecular formula is C12H12N2S. The van der Waals surface area contributed by atoms with Crippen molar-refractivity contribution in [3.63, 3.8) is 0 Å². The summed E-state index contributed by atoms with van der Waals surface area (Å²) >= 11 is 1.71. The molecule has 1 saturated carbocycles. The van der Waals surface area contributed by atoms with Gasteiger partial charge in [-0.25, -0.2) is 4.98 Å². The molecule has 3 heteroatoms. The van der Waals surface area contributed by atoms with Crippen molar-refractivity contribution in [2.24, 2.45) is 0 Å². The number of nitrogens with zero attached hydrogens (tertiary/aromatic N) is 1. The van der Waals surface area contributed by atoms with Gasteiger partial charge in [0.2, 0.25) is 0 Å². The molecule has 1 fully saturated rings. The Labute approximate surface area is 92.8 Å². The molecule has 1 aliphatic rings. The van der Waals surface area contributed by atoms with Gasteiger partial charge in [0, 0.05) is 22.5 Å². The standard InChI is InChI=1S/C12H12N2S/c13-10-3-1-2-9(6-10)12-14-11(7-15-12)8-4-5-8/h1-3,6-8H,4-5,13H2. The number of nitrogens with two attached hydrogens (primary N) is 1. The van der Waals surface area contributed by atoms with Crippen LogP contribution >= 0.6 is 11.3 Å². The Morgan fingerprint density at radius 1 is 1.33 bits per heavy atom. The molecule has 0 bridgehead atoms. The molecule has 0 atom stereocenters. The maximum Gasteiger partial charge on any atom is 0.123 e. The van der Waals surface area contributed by atoms with Gasteiger partial charge in [-0.05, 0) is 25.0 Å². The van der Waals surface area contributed by atoms with Crippen LogP contribution in [0, 0.1) is 0 Å². The van der Waals surface area contributed by atoms with Gasteiger partial charge in [0.05, 0.1) is 5.69 Å². The predicted octanol–water partition coefficient (Wildman–Crippen LogP) is 3.27. The van der Waals surface area contributed by atoms with Crippen LogP contribution in [0.2, 0.25) is 0 Å². The summed E-state index contributed by atoms with van der Waals surface area (Å²) in [5.41, 5.74) is 8.95. The number of hydrogen-bond donors (Lipinski definition) is 1. The van der Waals surface area contributed by atoms with Crippen molar-refractivity contribution < 1.29 is 0 Å². The smallest absolute Gasteiger partial charge is 0.123 e. The van der Waals surface area contributed by atoms with E-state index in [-0.39, 0.29) is 0 Å². The zero-order valence-electron chi connectivity index (χ0n) is 8.31. The minimum absolute atomic E-state index is 0.732. The van der Waals surface area contributed by atoms with Gasteiger partial charge >= 0.3 is 0 Å². The monoisotopic (exact) mass is 216 g/mol. The fourth-order valence-electron chi connectivity index (χ4n) is 1.66. The first-order valence-corrected chi connectivity index (χ1v) is 6.02. The SMILES string of the molecule is Nc1cccc(-c2nc(C3CC3)cs2)c1. The van der Waals surface area contributed by atoms with Gasteiger partial charge in [-0.15, -0.1) is 11.3 Å². The molecule has 2 N–H and O–H groups in total. The number of anilines is 1. The second-order valence-electron chi connectivity index (χ2n) is 3.98. The molecule has 3 rings (SSSR count). The van der Waals surface area contributed by atoms with Gasteiger partial charge < -0.3 is 5.73 Å². The Morgan fingerprint density at radius 3 is 2.93 bits per heavy atom. The first-order chi connectivity index (χ1) is 7.33. The summed E-state index contributed by atoms with van der Waals surface area (Å²) in [6, 6.07) is 7.92. The molecule has 0 radical (unpaired) electrons. The van der Waals surface area contributed by atoms with E-state index in [0.29, 0.717) is 0 Å². The molecule has 1 aliphatic carbocycles. The largest absolute Gasteiger partial charge is 0.399 e. The number of rotatable bonds is 2. The summed E-state index contributed by atoms with van der Waals surface area (Å²) in [6.45, 7) is 0. The first kappa shape index (κ1) is 8.92. The van der Waals surface area contributed by atoms with Crippen LogP contribution in [-0.2, 0) is 0 Å². The molecule has 0 spiro atoms. The minimum Gasteiger partial charge on any atom is -0.399 e. The zero-order valence-corrected chi connectivity index (χ0v) is 9.13. The van der Waals surface area contributed by atoms with Crippen molar-refractivity contribution in [1.82, 2.24) is 4.98 Å². The topological polar surface area (TPSA) is 38.9 Å². The zero-order chi connectivity index (χ0) is 10.3. The van der Waals surface area contributed by atoms with Crippen molar-refractivity contribution in [3.05, 3.63) is 35.3 Å². The lowest BCUT2D eigenvalue weighted by molar-refractivity contribution is 1.05. The van der Waals surface area contributed by atoms with Gasteiger partial charge in [-0.1, -0.05) is 12.1 Å². The normalized spacial score (nSPS) is 15.5. The van der Waals surface area contributed by atoms with Crippen LogP contribution in [0.25, 0.3) is 10.6 Å². The second kappa shape index (κ2) is 3.35. The molecule has 0 amide bonds. The highest BCUT2D eigenvalue weighted by atomic mass is 32.1. The fraction of sp³-hybridized carbons (Fsp3) is 0.250. The summed E-state index contributed by atoms with van der Waals surface area (Å²) < 4.78 is 0. The highest BCUT2D eigenvalue weighted by Gasteiger charge is 2.26. The molecule has 0 saturated heterocycles. The van der Waals surface area contributed by atoms with Crippen molar-refractivity contribution in [3.8, 4) is 10.6 Å². The lowest BCUT2D eigenvalue weighted by atomic mass is 10.2. The van der Waals surface area contributed by atoms with Crippen LogP contribution in [-0.4, -0.2) is 4.98 Å². The lowest BCUT2D eigenvalue weighted by Crippen LogP contribution is -1.85. The van der Waals surface area contributed by atoms with E-state index in [0.717, 1.165) is 22.2 Å². The van der Waals surface area contributed by atoms with Gasteiger partial charge in [-0.3, -0.25) is 0 Å². The Balaban J connectivity index is 1.97. The Bertz CT molecular complexity index is 486. The van der Waals surface area contributed by atoms with E-state index in [4.69, 9.17) is 5.73 Å². The lowest BCUT2D eigenvalue weighted by Gasteiger charge is -1.97. The quantitative estimate of drug-likeness (QED) is 0.782. The molecule has 0 aliphatic heterocycles. The first-order valence-electron chi connectivity index (χ1n) is 5.14. The van der Waals surface area contributed by atoms with Crippen molar-refractivity contribution >= 4 is 17.0 Å². The highest BCUT2D eigenvalue weighted by Crippen LogP contribution is 2.41. The van der Waals surface area contributed by atoms with E-state index >= 15 is 0 Å². The summed E-state index contributed by atoms with van der Waals surface area (Å²) in [5, 5.41) is 3.26. The van der Waals surface area contributed by atoms with Gasteiger partial charge in [-0.2, -0.15) is 0 Å². The third kappa shape index (κ3) is 1.75. The Hall–Kier alpha value is -1.35. The fourth-order valence-corrected chi connectivity index (χ4v) is 2.56. The van der Waals surface area contributed by atoms with E-state index in [1.807, 2.05) is 18.2 Å². The van der Waals surface area contributed by atoms with Crippen molar-refractivity contribution in [2.45, 2.75) is 18.8 Å². The summed E-state index contributed by atoms with van der Waals surface area (Å²) in [5.74, 6) is 0.732. The van der Waals surface area contributed by atoms with E-state index in [1.165, 1.54) is 18.5 Å². The highest BCUT2D eigenvalue weighted by molar-refractivity contribution is 7.13. The Kier molecular flexibility index (Phi) is 1.99. The molecule has 76 valence electrons. The van der Waals surface area contributed by atoms with Crippen LogP contribution in [0.4, 0.5) is 5.69 Å². The Morgan fingerprint density at radius 2 is 2.20 bits per heavy atom. The number of benzene rings is 1. The number of thiazole rings is 1. The molecule has 1 aromatic carbocycles. The minimum atomic E-state index is 0.732. The molecule has 1 aromatic heterocycles. The van der Waals surface area contributed by atoms with Crippen LogP contribution < -0.4 is 5.73 Å². The van der Waals surface area contributed by atoms with Crippen LogP contribution in [0.3, 0.4) is 0 Å². The van der Waals surface area contributed by atoms with Gasteiger partial charge in [0.15, 0.2) is 0 Å². The number of aromatic nitrogens is 1. The summed E-state index contributed by atoms with van der Waals surface area (Å²) in [7, 11) is 0. The number of nitrogen functional groups attached to an aromatic ring is 1. The van der Waals surface area contributed by atoms with Crippen molar-refractivity contribution in [1.29, 1.82) is 0 Å². The maximum atomic E-state index is 5.75. The van der Waals surface area contributed by atoms with E-state index in [2.05, 4.69) is 16.4 Å². The van der Waals surface area contributed by atoms with Gasteiger partial charge in [0.1, 0.15) is 5.01 Å². The molecule has 1 heterocycles. The second-order valence-corrected chi connectivity index (χ2v) is 4.84. The third-order valence-electron chi connectivity index (χ3n) is 2.65. The third-order valence-corrected chi connectivity index (χ3v) is 3.56. The molecule has 15 heavy (non-hydrogen) atoms. The van der Waals surface area contributed by atoms with Crippen LogP contribution in [0.15, 0.2) is 29.6 Å². The van der Waals surface area contributed by atoms with E-state index in [1.54, 1.807) is 11.3 Å². The molecular weight excluding hydrogens is 204 g/mol. The average Bonchev–Trinajstić information content (AvgIpc) is 2.97. The number of hydrogen-bond acceptors (Lipinski definition) is 3. The van der Waals surface area contributed by atoms with Crippen molar-refractivity contribution in [2.75, 3.05) is 5.73 Å². The van der Waals surface area contributed by atoms with Crippen LogP contribution in [0.1, 0.15) is 24.5 Å². The molecule has 2 nitrogen and oxygen atoms in total. The van der Waals surface area contributed by atoms with Crippen LogP contribution in [0.5, 0.6) is 0 Å². The maximum absolute atomic E-state index is 5.75. The summed E-state index contributed by atoms with van der Waals surface area (Å²) in [4.78, 5) is 4.65. The summed E-state index contributed by atoms with van der Waals surface area (Å²) in [6.07, 6.45) is 2.61. The molecule has 2 aromatic rings. The predicted molar refractivity (Wildman–Crippen MR) is 63.9 cm³/mol. The molecule has 0 unspecified atom stereocenters. The van der Waals surface area contributed by atoms with E-state index in [9.17, 15) is 0 Å². The van der Waals surface area contributed by atoms with E-state index < -0.39 is 0 Å². The average molecular weight is 216 g/mol.